The first kappa shape index (κ1) is 43.9. The van der Waals surface area contributed by atoms with E-state index in [9.17, 15) is 19.2 Å². The normalized spacial score (nSPS) is 21.7. The minimum absolute atomic E-state index is 0.0273. The number of fused-ring (bicyclic) bond motifs is 4. The lowest BCUT2D eigenvalue weighted by molar-refractivity contribution is -0.157. The number of Topliss-reactive ketones (excluding diaryl/α,β-unsaturated/α-hetero) is 1. The van der Waals surface area contributed by atoms with E-state index >= 15 is 0 Å². The summed E-state index contributed by atoms with van der Waals surface area (Å²) in [6.07, 6.45) is 7.81. The molecule has 2 N–H and O–H groups in total. The van der Waals surface area contributed by atoms with Gasteiger partial charge in [0.15, 0.2) is 0 Å². The molecule has 64 heavy (non-hydrogen) atoms. The molecular formula is C53H56N6O5. The lowest BCUT2D eigenvalue weighted by atomic mass is 9.77. The van der Waals surface area contributed by atoms with E-state index in [1.54, 1.807) is 13.3 Å². The maximum absolute atomic E-state index is 14.9. The Labute approximate surface area is 374 Å². The molecule has 4 atom stereocenters. The fourth-order valence-electron chi connectivity index (χ4n) is 8.92. The minimum atomic E-state index is -1.10. The van der Waals surface area contributed by atoms with Gasteiger partial charge in [0.1, 0.15) is 29.5 Å². The van der Waals surface area contributed by atoms with Gasteiger partial charge in [-0.3, -0.25) is 24.2 Å². The zero-order valence-electron chi connectivity index (χ0n) is 37.1. The maximum Gasteiger partial charge on any atom is 0.325 e. The average molecular weight is 857 g/mol. The van der Waals surface area contributed by atoms with Crippen LogP contribution >= 0.6 is 0 Å². The zero-order valence-corrected chi connectivity index (χ0v) is 37.1. The van der Waals surface area contributed by atoms with E-state index in [4.69, 9.17) is 14.7 Å². The molecule has 6 aromatic rings. The van der Waals surface area contributed by atoms with Gasteiger partial charge >= 0.3 is 5.97 Å². The standard InChI is InChI=1S/C53H56N6O5/c1-35(2)43-32-48(60)52(4,5)28-27-37-23-24-38-25-26-44(55-46(38)30-37)36(3)64-51(63)45-22-15-29-59(57-45)50(62)47(56-49(43)61)31-42-33-58(34-54-42)53(39-16-9-6-10-17-39,40-18-11-7-12-19-40)41-20-13-8-14-21-41/h6-14,16-21,23-28,30,33-36,43,45,47,57H,15,22,29,31-32H2,1-5H3,(H,56,61)/b28-27+/t36-,43+,45+,47+/m1/s1. The molecule has 8 rings (SSSR count). The van der Waals surface area contributed by atoms with E-state index in [1.165, 1.54) is 5.01 Å². The summed E-state index contributed by atoms with van der Waals surface area (Å²) in [5.41, 5.74) is 7.16. The summed E-state index contributed by atoms with van der Waals surface area (Å²) in [5.74, 6) is -2.40. The van der Waals surface area contributed by atoms with Gasteiger partial charge in [-0.15, -0.1) is 0 Å². The number of nitrogens with zero attached hydrogens (tertiary/aromatic N) is 4. The Kier molecular flexibility index (Phi) is 12.7. The van der Waals surface area contributed by atoms with Gasteiger partial charge in [0, 0.05) is 42.3 Å². The molecule has 11 nitrogen and oxygen atoms in total. The molecule has 0 aliphatic carbocycles. The predicted octanol–water partition coefficient (Wildman–Crippen LogP) is 8.38. The minimum Gasteiger partial charge on any atom is -0.455 e. The number of esters is 1. The highest BCUT2D eigenvalue weighted by Crippen LogP contribution is 2.41. The van der Waals surface area contributed by atoms with Crippen molar-refractivity contribution in [2.24, 2.45) is 17.3 Å². The topological polar surface area (TPSA) is 136 Å². The summed E-state index contributed by atoms with van der Waals surface area (Å²) in [5, 5.41) is 5.43. The molecule has 2 amide bonds. The average Bonchev–Trinajstić information content (AvgIpc) is 3.78. The monoisotopic (exact) mass is 856 g/mol. The Bertz CT molecular complexity index is 2560. The number of aromatic nitrogens is 3. The third-order valence-corrected chi connectivity index (χ3v) is 12.8. The lowest BCUT2D eigenvalue weighted by Gasteiger charge is -2.37. The van der Waals surface area contributed by atoms with Crippen LogP contribution in [0.4, 0.5) is 0 Å². The van der Waals surface area contributed by atoms with Crippen LogP contribution in [0.1, 0.15) is 93.6 Å². The lowest BCUT2D eigenvalue weighted by Crippen LogP contribution is -2.61. The third-order valence-electron chi connectivity index (χ3n) is 12.8. The van der Waals surface area contributed by atoms with Gasteiger partial charge < -0.3 is 14.6 Å². The number of ketones is 1. The van der Waals surface area contributed by atoms with Crippen LogP contribution in [0.2, 0.25) is 0 Å². The summed E-state index contributed by atoms with van der Waals surface area (Å²) < 4.78 is 8.05. The van der Waals surface area contributed by atoms with Crippen molar-refractivity contribution in [1.82, 2.24) is 30.3 Å². The number of cyclic esters (lactones) is 1. The van der Waals surface area contributed by atoms with Crippen molar-refractivity contribution in [3.63, 3.8) is 0 Å². The van der Waals surface area contributed by atoms with Crippen molar-refractivity contribution < 1.29 is 23.9 Å². The Hall–Kier alpha value is -6.72. The SMILES string of the molecule is CC(C)[C@@H]1CC(=O)C(C)(C)/C=C/c2ccc3ccc(nc3c2)[C@@H](C)OC(=O)[C@@H]2CCCN(N2)C(=O)[C@H](Cc2cn(C(c3ccccc3)(c3ccccc3)c3ccccc3)cn2)NC1=O. The van der Waals surface area contributed by atoms with Crippen molar-refractivity contribution in [1.29, 1.82) is 0 Å². The maximum atomic E-state index is 14.9. The molecule has 4 heterocycles. The van der Waals surface area contributed by atoms with E-state index in [2.05, 4.69) is 51.7 Å². The second kappa shape index (κ2) is 18.6. The van der Waals surface area contributed by atoms with Gasteiger partial charge in [-0.2, -0.15) is 0 Å². The fourth-order valence-corrected chi connectivity index (χ4v) is 8.92. The van der Waals surface area contributed by atoms with Crippen LogP contribution in [0.15, 0.2) is 140 Å². The fraction of sp³-hybridized carbons (Fsp3) is 0.321. The van der Waals surface area contributed by atoms with Gasteiger partial charge in [-0.1, -0.05) is 135 Å². The van der Waals surface area contributed by atoms with Crippen molar-refractivity contribution in [2.75, 3.05) is 6.54 Å². The molecule has 2 aromatic heterocycles. The summed E-state index contributed by atoms with van der Waals surface area (Å²) >= 11 is 0. The second-order valence-corrected chi connectivity index (χ2v) is 18.0. The first-order valence-electron chi connectivity index (χ1n) is 22.2. The molecule has 4 aromatic carbocycles. The number of pyridine rings is 1. The Morgan fingerprint density at radius 2 is 1.47 bits per heavy atom. The summed E-state index contributed by atoms with van der Waals surface area (Å²) in [6, 6.07) is 38.4. The molecule has 11 heteroatoms. The quantitative estimate of drug-likeness (QED) is 0.121. The number of carbonyl (C=O) groups excluding carboxylic acids is 4. The molecule has 2 aliphatic heterocycles. The van der Waals surface area contributed by atoms with Gasteiger partial charge in [-0.05, 0) is 73.9 Å². The Morgan fingerprint density at radius 3 is 2.09 bits per heavy atom. The van der Waals surface area contributed by atoms with Crippen LogP contribution in [0.25, 0.3) is 17.0 Å². The van der Waals surface area contributed by atoms with Gasteiger partial charge in [-0.25, -0.2) is 15.4 Å². The van der Waals surface area contributed by atoms with Gasteiger partial charge in [0.25, 0.3) is 5.91 Å². The molecule has 2 aliphatic rings. The number of hydrogen-bond donors (Lipinski definition) is 2. The van der Waals surface area contributed by atoms with E-state index in [1.807, 2.05) is 131 Å². The van der Waals surface area contributed by atoms with Gasteiger partial charge in [0.05, 0.1) is 23.2 Å². The number of amides is 2. The van der Waals surface area contributed by atoms with Crippen LogP contribution < -0.4 is 10.7 Å². The van der Waals surface area contributed by atoms with E-state index < -0.39 is 52.8 Å². The summed E-state index contributed by atoms with van der Waals surface area (Å²) in [6.45, 7) is 9.62. The third kappa shape index (κ3) is 9.03. The molecular weight excluding hydrogens is 801 g/mol. The van der Waals surface area contributed by atoms with Crippen LogP contribution in [-0.4, -0.2) is 61.7 Å². The summed E-state index contributed by atoms with van der Waals surface area (Å²) in [7, 11) is 0. The highest BCUT2D eigenvalue weighted by molar-refractivity contribution is 5.94. The highest BCUT2D eigenvalue weighted by atomic mass is 16.5. The molecule has 328 valence electrons. The molecule has 0 radical (unpaired) electrons. The van der Waals surface area contributed by atoms with Crippen LogP contribution in [0.3, 0.4) is 0 Å². The van der Waals surface area contributed by atoms with Crippen LogP contribution in [0, 0.1) is 17.3 Å². The predicted molar refractivity (Wildman–Crippen MR) is 247 cm³/mol. The van der Waals surface area contributed by atoms with Crippen molar-refractivity contribution >= 4 is 40.5 Å². The number of nitrogens with one attached hydrogen (secondary N) is 2. The molecule has 0 unspecified atom stereocenters. The summed E-state index contributed by atoms with van der Waals surface area (Å²) in [4.78, 5) is 67.1. The van der Waals surface area contributed by atoms with Crippen LogP contribution in [0.5, 0.6) is 0 Å². The van der Waals surface area contributed by atoms with Crippen molar-refractivity contribution in [3.8, 4) is 0 Å². The highest BCUT2D eigenvalue weighted by Gasteiger charge is 2.40. The van der Waals surface area contributed by atoms with E-state index in [-0.39, 0.29) is 24.5 Å². The van der Waals surface area contributed by atoms with Crippen molar-refractivity contribution in [2.45, 2.75) is 84.0 Å². The number of allylic oxidation sites excluding steroid dienone is 1. The van der Waals surface area contributed by atoms with E-state index in [0.29, 0.717) is 30.8 Å². The number of hydrazine groups is 1. The van der Waals surface area contributed by atoms with Gasteiger partial charge in [0.2, 0.25) is 5.91 Å². The molecule has 0 saturated carbocycles. The Morgan fingerprint density at radius 1 is 0.844 bits per heavy atom. The Balaban J connectivity index is 1.17. The smallest absolute Gasteiger partial charge is 0.325 e. The molecule has 0 spiro atoms. The first-order valence-corrected chi connectivity index (χ1v) is 22.2. The first-order chi connectivity index (χ1) is 30.8. The van der Waals surface area contributed by atoms with Crippen LogP contribution in [-0.2, 0) is 35.9 Å². The molecule has 1 fully saturated rings. The number of carbonyl (C=O) groups is 4. The number of imidazole rings is 1. The second-order valence-electron chi connectivity index (χ2n) is 18.0. The number of benzene rings is 4. The number of ether oxygens (including phenoxy) is 1. The number of hydrogen-bond acceptors (Lipinski definition) is 8. The molecule has 5 bridgehead atoms. The van der Waals surface area contributed by atoms with E-state index in [0.717, 1.165) is 33.2 Å². The largest absolute Gasteiger partial charge is 0.455 e. The number of rotatable bonds is 7. The van der Waals surface area contributed by atoms with Crippen molar-refractivity contribution in [3.05, 3.63) is 174 Å². The molecule has 1 saturated heterocycles. The zero-order chi connectivity index (χ0) is 45.0.